The lowest BCUT2D eigenvalue weighted by molar-refractivity contribution is -0.133. The topological polar surface area (TPSA) is 57.7 Å². The molecular weight excluding hydrogens is 336 g/mol. The third kappa shape index (κ3) is 4.42. The van der Waals surface area contributed by atoms with Crippen LogP contribution in [-0.2, 0) is 14.8 Å². The molecular formula is C19H28N2O3S. The van der Waals surface area contributed by atoms with Gasteiger partial charge in [-0.1, -0.05) is 17.7 Å². The fourth-order valence-corrected chi connectivity index (χ4v) is 5.20. The zero-order valence-corrected chi connectivity index (χ0v) is 15.8. The summed E-state index contributed by atoms with van der Waals surface area (Å²) >= 11 is 0. The first kappa shape index (κ1) is 18.4. The van der Waals surface area contributed by atoms with E-state index in [4.69, 9.17) is 0 Å². The Morgan fingerprint density at radius 2 is 1.60 bits per heavy atom. The van der Waals surface area contributed by atoms with E-state index in [1.54, 1.807) is 16.4 Å². The summed E-state index contributed by atoms with van der Waals surface area (Å²) in [6, 6.07) is 7.01. The molecule has 0 atom stereocenters. The zero-order valence-electron chi connectivity index (χ0n) is 15.0. The van der Waals surface area contributed by atoms with E-state index < -0.39 is 10.0 Å². The van der Waals surface area contributed by atoms with E-state index in [1.165, 1.54) is 6.42 Å². The van der Waals surface area contributed by atoms with E-state index in [0.29, 0.717) is 30.3 Å². The highest BCUT2D eigenvalue weighted by molar-refractivity contribution is 7.89. The maximum absolute atomic E-state index is 12.7. The minimum Gasteiger partial charge on any atom is -0.343 e. The van der Waals surface area contributed by atoms with Crippen LogP contribution in [0.5, 0.6) is 0 Å². The summed E-state index contributed by atoms with van der Waals surface area (Å²) in [5.74, 6) is 0.554. The van der Waals surface area contributed by atoms with Crippen LogP contribution in [0.4, 0.5) is 0 Å². The number of nitrogens with zero attached hydrogens (tertiary/aromatic N) is 2. The molecule has 3 rings (SSSR count). The van der Waals surface area contributed by atoms with Crippen LogP contribution < -0.4 is 0 Å². The normalized spacial score (nSPS) is 20.6. The monoisotopic (exact) mass is 364 g/mol. The van der Waals surface area contributed by atoms with Crippen molar-refractivity contribution < 1.29 is 13.2 Å². The van der Waals surface area contributed by atoms with Gasteiger partial charge in [0.1, 0.15) is 0 Å². The molecule has 5 nitrogen and oxygen atoms in total. The van der Waals surface area contributed by atoms with Crippen molar-refractivity contribution in [1.29, 1.82) is 0 Å². The minimum absolute atomic E-state index is 0.250. The third-order valence-electron chi connectivity index (χ3n) is 5.40. The van der Waals surface area contributed by atoms with Gasteiger partial charge < -0.3 is 4.90 Å². The lowest BCUT2D eigenvalue weighted by atomic mass is 9.93. The molecule has 1 aromatic rings. The van der Waals surface area contributed by atoms with Gasteiger partial charge in [0.15, 0.2) is 0 Å². The van der Waals surface area contributed by atoms with Crippen molar-refractivity contribution in [1.82, 2.24) is 9.21 Å². The largest absolute Gasteiger partial charge is 0.343 e. The number of amides is 1. The van der Waals surface area contributed by atoms with Gasteiger partial charge in [0.05, 0.1) is 4.90 Å². The van der Waals surface area contributed by atoms with Crippen molar-refractivity contribution >= 4 is 15.9 Å². The summed E-state index contributed by atoms with van der Waals surface area (Å²) < 4.78 is 27.0. The molecule has 2 aliphatic rings. The fourth-order valence-electron chi connectivity index (χ4n) is 3.73. The van der Waals surface area contributed by atoms with E-state index >= 15 is 0 Å². The van der Waals surface area contributed by atoms with Crippen molar-refractivity contribution in [2.24, 2.45) is 5.92 Å². The Hall–Kier alpha value is -1.40. The average molecular weight is 365 g/mol. The summed E-state index contributed by atoms with van der Waals surface area (Å²) in [5, 5.41) is 0. The standard InChI is InChI=1S/C19H28N2O3S/c1-16-5-7-18(8-6-16)25(23,24)21-13-9-17(10-14-21)15-19(22)20-11-3-2-4-12-20/h5-8,17H,2-4,9-15H2,1H3. The molecule has 2 aliphatic heterocycles. The highest BCUT2D eigenvalue weighted by atomic mass is 32.2. The van der Waals surface area contributed by atoms with Gasteiger partial charge >= 0.3 is 0 Å². The summed E-state index contributed by atoms with van der Waals surface area (Å²) in [7, 11) is -3.41. The van der Waals surface area contributed by atoms with Crippen LogP contribution in [0.1, 0.15) is 44.1 Å². The number of benzene rings is 1. The Balaban J connectivity index is 1.54. The van der Waals surface area contributed by atoms with E-state index in [1.807, 2.05) is 24.0 Å². The number of rotatable bonds is 4. The Morgan fingerprint density at radius 3 is 2.20 bits per heavy atom. The Bertz CT molecular complexity index is 686. The van der Waals surface area contributed by atoms with Crippen LogP contribution >= 0.6 is 0 Å². The molecule has 6 heteroatoms. The third-order valence-corrected chi connectivity index (χ3v) is 7.32. The molecule has 1 aromatic carbocycles. The Labute approximate surface area is 151 Å². The number of aryl methyl sites for hydroxylation is 1. The zero-order chi connectivity index (χ0) is 17.9. The molecule has 0 bridgehead atoms. The summed E-state index contributed by atoms with van der Waals surface area (Å²) in [5.41, 5.74) is 1.05. The molecule has 0 spiro atoms. The maximum Gasteiger partial charge on any atom is 0.243 e. The number of piperidine rings is 2. The van der Waals surface area contributed by atoms with E-state index in [9.17, 15) is 13.2 Å². The molecule has 2 saturated heterocycles. The van der Waals surface area contributed by atoms with E-state index in [0.717, 1.165) is 44.3 Å². The lowest BCUT2D eigenvalue weighted by Gasteiger charge is -2.33. The molecule has 0 radical (unpaired) electrons. The van der Waals surface area contributed by atoms with Crippen molar-refractivity contribution in [2.75, 3.05) is 26.2 Å². The number of hydrogen-bond acceptors (Lipinski definition) is 3. The summed E-state index contributed by atoms with van der Waals surface area (Å²) in [4.78, 5) is 14.7. The van der Waals surface area contributed by atoms with Gasteiger partial charge in [0.25, 0.3) is 0 Å². The first-order valence-corrected chi connectivity index (χ1v) is 10.8. The van der Waals surface area contributed by atoms with Crippen LogP contribution in [-0.4, -0.2) is 49.7 Å². The first-order valence-electron chi connectivity index (χ1n) is 9.31. The van der Waals surface area contributed by atoms with Gasteiger partial charge in [0.2, 0.25) is 15.9 Å². The second kappa shape index (κ2) is 7.87. The molecule has 0 unspecified atom stereocenters. The van der Waals surface area contributed by atoms with Crippen LogP contribution in [0, 0.1) is 12.8 Å². The van der Waals surface area contributed by atoms with Gasteiger partial charge in [-0.3, -0.25) is 4.79 Å². The van der Waals surface area contributed by atoms with Crippen molar-refractivity contribution in [3.8, 4) is 0 Å². The SMILES string of the molecule is Cc1ccc(S(=O)(=O)N2CCC(CC(=O)N3CCCCC3)CC2)cc1. The van der Waals surface area contributed by atoms with Crippen molar-refractivity contribution in [3.63, 3.8) is 0 Å². The van der Waals surface area contributed by atoms with Gasteiger partial charge in [0, 0.05) is 32.6 Å². The molecule has 25 heavy (non-hydrogen) atoms. The molecule has 0 saturated carbocycles. The van der Waals surface area contributed by atoms with Gasteiger partial charge in [-0.15, -0.1) is 0 Å². The number of hydrogen-bond donors (Lipinski definition) is 0. The minimum atomic E-state index is -3.41. The fraction of sp³-hybridized carbons (Fsp3) is 0.632. The Morgan fingerprint density at radius 1 is 1.00 bits per heavy atom. The quantitative estimate of drug-likeness (QED) is 0.825. The van der Waals surface area contributed by atoms with E-state index in [-0.39, 0.29) is 5.91 Å². The van der Waals surface area contributed by atoms with Crippen molar-refractivity contribution in [2.45, 2.75) is 50.3 Å². The van der Waals surface area contributed by atoms with Crippen molar-refractivity contribution in [3.05, 3.63) is 29.8 Å². The predicted octanol–water partition coefficient (Wildman–Crippen LogP) is 2.80. The maximum atomic E-state index is 12.7. The molecule has 138 valence electrons. The van der Waals surface area contributed by atoms with Gasteiger partial charge in [-0.05, 0) is 57.1 Å². The highest BCUT2D eigenvalue weighted by Crippen LogP contribution is 2.26. The smallest absolute Gasteiger partial charge is 0.243 e. The molecule has 0 N–H and O–H groups in total. The highest BCUT2D eigenvalue weighted by Gasteiger charge is 2.31. The molecule has 0 aliphatic carbocycles. The second-order valence-corrected chi connectivity index (χ2v) is 9.24. The predicted molar refractivity (Wildman–Crippen MR) is 97.7 cm³/mol. The molecule has 0 aromatic heterocycles. The summed E-state index contributed by atoms with van der Waals surface area (Å²) in [6.07, 6.45) is 5.55. The first-order chi connectivity index (χ1) is 12.0. The molecule has 2 heterocycles. The lowest BCUT2D eigenvalue weighted by Crippen LogP contribution is -2.41. The number of likely N-dealkylation sites (tertiary alicyclic amines) is 1. The second-order valence-electron chi connectivity index (χ2n) is 7.31. The number of carbonyl (C=O) groups is 1. The molecule has 2 fully saturated rings. The van der Waals surface area contributed by atoms with Crippen LogP contribution in [0.15, 0.2) is 29.2 Å². The van der Waals surface area contributed by atoms with Gasteiger partial charge in [-0.25, -0.2) is 8.42 Å². The average Bonchev–Trinajstić information content (AvgIpc) is 2.63. The molecule has 1 amide bonds. The number of carbonyl (C=O) groups excluding carboxylic acids is 1. The van der Waals surface area contributed by atoms with Gasteiger partial charge in [-0.2, -0.15) is 4.31 Å². The van der Waals surface area contributed by atoms with Crippen LogP contribution in [0.25, 0.3) is 0 Å². The van der Waals surface area contributed by atoms with Crippen LogP contribution in [0.2, 0.25) is 0 Å². The number of sulfonamides is 1. The van der Waals surface area contributed by atoms with Crippen LogP contribution in [0.3, 0.4) is 0 Å². The Kier molecular flexibility index (Phi) is 5.79. The van der Waals surface area contributed by atoms with E-state index in [2.05, 4.69) is 0 Å². The summed E-state index contributed by atoms with van der Waals surface area (Å²) in [6.45, 7) is 4.74.